The molecule has 2 atom stereocenters. The molecule has 6 nitrogen and oxygen atoms in total. The average Bonchev–Trinajstić information content (AvgIpc) is 2.58. The molecule has 0 saturated carbocycles. The summed E-state index contributed by atoms with van der Waals surface area (Å²) >= 11 is 0. The summed E-state index contributed by atoms with van der Waals surface area (Å²) in [5.74, 6) is -0.512. The van der Waals surface area contributed by atoms with Crippen LogP contribution in [0.2, 0.25) is 0 Å². The molecule has 152 valence electrons. The van der Waals surface area contributed by atoms with Gasteiger partial charge in [0.15, 0.2) is 0 Å². The Morgan fingerprint density at radius 2 is 1.75 bits per heavy atom. The van der Waals surface area contributed by atoms with E-state index < -0.39 is 10.1 Å². The summed E-state index contributed by atoms with van der Waals surface area (Å²) in [7, 11) is -3.65. The Morgan fingerprint density at radius 1 is 1.07 bits per heavy atom. The Balaban J connectivity index is 2.29. The Hall–Kier alpha value is -2.38. The van der Waals surface area contributed by atoms with Gasteiger partial charge in [-0.2, -0.15) is 8.42 Å². The maximum atomic E-state index is 12.3. The van der Waals surface area contributed by atoms with E-state index in [9.17, 15) is 13.2 Å². The topological polar surface area (TPSA) is 95.7 Å². The van der Waals surface area contributed by atoms with Gasteiger partial charge in [0.25, 0.3) is 0 Å². The first-order chi connectivity index (χ1) is 13.1. The number of carbonyl (C=O) groups is 1. The van der Waals surface area contributed by atoms with Gasteiger partial charge < -0.3 is 14.7 Å². The van der Waals surface area contributed by atoms with Gasteiger partial charge in [0.1, 0.15) is 5.75 Å². The van der Waals surface area contributed by atoms with E-state index in [-0.39, 0.29) is 36.2 Å². The fourth-order valence-electron chi connectivity index (χ4n) is 3.01. The van der Waals surface area contributed by atoms with Crippen LogP contribution in [-0.2, 0) is 26.1 Å². The molecule has 2 unspecified atom stereocenters. The average molecular weight is 406 g/mol. The molecule has 0 radical (unpaired) electrons. The Labute approximate surface area is 166 Å². The Bertz CT molecular complexity index is 881. The largest absolute Gasteiger partial charge is 0.463 e. The number of carbonyl (C=O) groups excluding carboxylic acids is 1. The van der Waals surface area contributed by atoms with E-state index >= 15 is 0 Å². The molecule has 0 bridgehead atoms. The maximum Gasteiger partial charge on any atom is 0.306 e. The molecule has 28 heavy (non-hydrogen) atoms. The van der Waals surface area contributed by atoms with Crippen molar-refractivity contribution in [3.05, 3.63) is 65.7 Å². The van der Waals surface area contributed by atoms with Gasteiger partial charge in [-0.05, 0) is 43.5 Å². The van der Waals surface area contributed by atoms with E-state index in [1.54, 1.807) is 32.0 Å². The smallest absolute Gasteiger partial charge is 0.306 e. The van der Waals surface area contributed by atoms with Crippen LogP contribution in [0.1, 0.15) is 37.3 Å². The highest BCUT2D eigenvalue weighted by atomic mass is 32.2. The number of nitrogens with two attached hydrogens (primary N) is 1. The molecule has 0 spiro atoms. The molecule has 0 aromatic heterocycles. The van der Waals surface area contributed by atoms with Gasteiger partial charge in [0, 0.05) is 12.0 Å². The molecule has 7 heteroatoms. The lowest BCUT2D eigenvalue weighted by Gasteiger charge is -2.25. The molecule has 0 aliphatic carbocycles. The van der Waals surface area contributed by atoms with Crippen molar-refractivity contribution in [2.45, 2.75) is 44.8 Å². The van der Waals surface area contributed by atoms with Crippen LogP contribution < -0.4 is 9.92 Å². The molecule has 2 aromatic carbocycles. The van der Waals surface area contributed by atoms with E-state index in [4.69, 9.17) is 14.7 Å². The minimum Gasteiger partial charge on any atom is -0.463 e. The lowest BCUT2D eigenvalue weighted by molar-refractivity contribution is -0.148. The second kappa shape index (κ2) is 9.71. The molecule has 0 heterocycles. The zero-order valence-corrected chi connectivity index (χ0v) is 17.2. The molecule has 2 rings (SSSR count). The third kappa shape index (κ3) is 7.32. The number of esters is 1. The van der Waals surface area contributed by atoms with Crippen LogP contribution in [0.15, 0.2) is 54.6 Å². The predicted octanol–water partition coefficient (Wildman–Crippen LogP) is 3.02. The highest BCUT2D eigenvalue weighted by molar-refractivity contribution is 7.86. The van der Waals surface area contributed by atoms with Gasteiger partial charge in [-0.25, -0.2) is 0 Å². The number of benzene rings is 2. The highest BCUT2D eigenvalue weighted by Gasteiger charge is 2.25. The molecular weight excluding hydrogens is 378 g/mol. The summed E-state index contributed by atoms with van der Waals surface area (Å²) in [4.78, 5) is 12.3. The third-order valence-electron chi connectivity index (χ3n) is 4.12. The van der Waals surface area contributed by atoms with Crippen molar-refractivity contribution in [2.75, 3.05) is 6.26 Å². The van der Waals surface area contributed by atoms with Crippen LogP contribution in [0.4, 0.5) is 0 Å². The van der Waals surface area contributed by atoms with Gasteiger partial charge in [-0.3, -0.25) is 4.79 Å². The van der Waals surface area contributed by atoms with E-state index in [1.165, 1.54) is 0 Å². The fraction of sp³-hybridized carbons (Fsp3) is 0.381. The van der Waals surface area contributed by atoms with Crippen LogP contribution >= 0.6 is 0 Å². The molecular formula is C21H27NO5S. The summed E-state index contributed by atoms with van der Waals surface area (Å²) in [5.41, 5.74) is 8.25. The third-order valence-corrected chi connectivity index (χ3v) is 4.61. The standard InChI is InChI=1S/C21H27NO5S/c1-15(2)26-21(23)14-19(20(22)12-16-8-5-4-6-9-16)17-10-7-11-18(13-17)27-28(3,24)25/h4-11,13,15,19-20H,12,14,22H2,1-3H3. The number of ether oxygens (including phenoxy) is 1. The first kappa shape index (κ1) is 21.9. The van der Waals surface area contributed by atoms with E-state index in [1.807, 2.05) is 36.4 Å². The second-order valence-corrected chi connectivity index (χ2v) is 8.64. The molecule has 2 N–H and O–H groups in total. The van der Waals surface area contributed by atoms with Crippen LogP contribution in [0.3, 0.4) is 0 Å². The van der Waals surface area contributed by atoms with E-state index in [2.05, 4.69) is 0 Å². The van der Waals surface area contributed by atoms with Crippen molar-refractivity contribution >= 4 is 16.1 Å². The van der Waals surface area contributed by atoms with Gasteiger partial charge in [-0.15, -0.1) is 0 Å². The normalized spacial score (nSPS) is 13.8. The first-order valence-corrected chi connectivity index (χ1v) is 10.9. The molecule has 0 fully saturated rings. The van der Waals surface area contributed by atoms with Gasteiger partial charge in [0.2, 0.25) is 0 Å². The van der Waals surface area contributed by atoms with Crippen LogP contribution in [0.25, 0.3) is 0 Å². The quantitative estimate of drug-likeness (QED) is 0.509. The highest BCUT2D eigenvalue weighted by Crippen LogP contribution is 2.29. The molecule has 2 aromatic rings. The number of rotatable bonds is 9. The van der Waals surface area contributed by atoms with E-state index in [0.29, 0.717) is 6.42 Å². The molecule has 0 aliphatic rings. The minimum absolute atomic E-state index is 0.0918. The molecule has 0 amide bonds. The van der Waals surface area contributed by atoms with Gasteiger partial charge in [-0.1, -0.05) is 42.5 Å². The lowest BCUT2D eigenvalue weighted by atomic mass is 9.85. The summed E-state index contributed by atoms with van der Waals surface area (Å²) in [6, 6.07) is 16.1. The van der Waals surface area contributed by atoms with Crippen molar-refractivity contribution in [1.29, 1.82) is 0 Å². The summed E-state index contributed by atoms with van der Waals surface area (Å²) in [5, 5.41) is 0. The first-order valence-electron chi connectivity index (χ1n) is 9.12. The van der Waals surface area contributed by atoms with Crippen molar-refractivity contribution in [3.63, 3.8) is 0 Å². The minimum atomic E-state index is -3.65. The fourth-order valence-corrected chi connectivity index (χ4v) is 3.46. The van der Waals surface area contributed by atoms with E-state index in [0.717, 1.165) is 17.4 Å². The van der Waals surface area contributed by atoms with Crippen LogP contribution in [0.5, 0.6) is 5.75 Å². The summed E-state index contributed by atoms with van der Waals surface area (Å²) < 4.78 is 33.1. The van der Waals surface area contributed by atoms with Crippen LogP contribution in [-0.4, -0.2) is 32.8 Å². The van der Waals surface area contributed by atoms with Crippen LogP contribution in [0, 0.1) is 0 Å². The van der Waals surface area contributed by atoms with Crippen molar-refractivity contribution in [2.24, 2.45) is 5.73 Å². The number of hydrogen-bond acceptors (Lipinski definition) is 6. The lowest BCUT2D eigenvalue weighted by Crippen LogP contribution is -2.33. The Morgan fingerprint density at radius 3 is 2.36 bits per heavy atom. The second-order valence-electron chi connectivity index (χ2n) is 7.06. The monoisotopic (exact) mass is 405 g/mol. The molecule has 0 aliphatic heterocycles. The summed E-state index contributed by atoms with van der Waals surface area (Å²) in [6.07, 6.45) is 1.42. The van der Waals surface area contributed by atoms with Crippen molar-refractivity contribution in [1.82, 2.24) is 0 Å². The maximum absolute atomic E-state index is 12.3. The summed E-state index contributed by atoms with van der Waals surface area (Å²) in [6.45, 7) is 3.58. The number of hydrogen-bond donors (Lipinski definition) is 1. The molecule has 0 saturated heterocycles. The van der Waals surface area contributed by atoms with Gasteiger partial charge >= 0.3 is 16.1 Å². The zero-order valence-electron chi connectivity index (χ0n) is 16.4. The Kier molecular flexibility index (Phi) is 7.60. The van der Waals surface area contributed by atoms with Gasteiger partial charge in [0.05, 0.1) is 18.8 Å². The predicted molar refractivity (Wildman–Crippen MR) is 109 cm³/mol. The zero-order chi connectivity index (χ0) is 20.7. The van der Waals surface area contributed by atoms with Crippen molar-refractivity contribution < 1.29 is 22.1 Å². The SMILES string of the molecule is CC(C)OC(=O)CC(c1cccc(OS(C)(=O)=O)c1)C(N)Cc1ccccc1. The van der Waals surface area contributed by atoms with Crippen molar-refractivity contribution in [3.8, 4) is 5.75 Å².